The van der Waals surface area contributed by atoms with Crippen LogP contribution in [0.2, 0.25) is 0 Å². The number of hydrogen-bond donors (Lipinski definition) is 2. The summed E-state index contributed by atoms with van der Waals surface area (Å²) in [5.41, 5.74) is -0.822. The van der Waals surface area contributed by atoms with Crippen LogP contribution in [0.4, 0.5) is 5.82 Å². The monoisotopic (exact) mass is 250 g/mol. The molecule has 1 unspecified atom stereocenters. The predicted molar refractivity (Wildman–Crippen MR) is 63.8 cm³/mol. The number of carboxylic acids is 2. The first-order chi connectivity index (χ1) is 8.42. The number of carbonyl (C=O) groups is 2. The minimum absolute atomic E-state index is 0.0311. The Labute approximate surface area is 104 Å². The standard InChI is InChI=1S/C12H14N2O4/c1-12(11(17)18)5-6-14(7-12)9-4-2-3-8(13-9)10(15)16/h2-4H,5-7H2,1H3,(H,15,16)(H,17,18). The van der Waals surface area contributed by atoms with Crippen molar-refractivity contribution in [1.82, 2.24) is 4.98 Å². The third-order valence-electron chi connectivity index (χ3n) is 3.27. The second-order valence-electron chi connectivity index (χ2n) is 4.72. The molecule has 0 bridgehead atoms. The molecule has 1 fully saturated rings. The fourth-order valence-electron chi connectivity index (χ4n) is 2.05. The highest BCUT2D eigenvalue weighted by atomic mass is 16.4. The van der Waals surface area contributed by atoms with Crippen LogP contribution in [0.1, 0.15) is 23.8 Å². The van der Waals surface area contributed by atoms with Gasteiger partial charge in [-0.1, -0.05) is 6.07 Å². The number of hydrogen-bond acceptors (Lipinski definition) is 4. The van der Waals surface area contributed by atoms with Crippen molar-refractivity contribution in [2.45, 2.75) is 13.3 Å². The van der Waals surface area contributed by atoms with Crippen LogP contribution < -0.4 is 4.90 Å². The zero-order valence-corrected chi connectivity index (χ0v) is 9.96. The SMILES string of the molecule is CC1(C(=O)O)CCN(c2cccc(C(=O)O)n2)C1. The molecule has 2 heterocycles. The highest BCUT2D eigenvalue weighted by Crippen LogP contribution is 2.32. The Morgan fingerprint density at radius 1 is 1.39 bits per heavy atom. The molecule has 0 aliphatic carbocycles. The fraction of sp³-hybridized carbons (Fsp3) is 0.417. The van der Waals surface area contributed by atoms with E-state index < -0.39 is 17.4 Å². The largest absolute Gasteiger partial charge is 0.481 e. The summed E-state index contributed by atoms with van der Waals surface area (Å²) >= 11 is 0. The van der Waals surface area contributed by atoms with Crippen LogP contribution in [0, 0.1) is 5.41 Å². The molecule has 0 spiro atoms. The van der Waals surface area contributed by atoms with E-state index in [9.17, 15) is 9.59 Å². The molecule has 18 heavy (non-hydrogen) atoms. The molecular weight excluding hydrogens is 236 g/mol. The summed E-state index contributed by atoms with van der Waals surface area (Å²) in [5.74, 6) is -1.41. The van der Waals surface area contributed by atoms with Crippen LogP contribution in [-0.2, 0) is 4.79 Å². The summed E-state index contributed by atoms with van der Waals surface area (Å²) in [6.07, 6.45) is 0.529. The van der Waals surface area contributed by atoms with Crippen LogP contribution in [0.5, 0.6) is 0 Å². The molecule has 6 heteroatoms. The number of aliphatic carboxylic acids is 1. The summed E-state index contributed by atoms with van der Waals surface area (Å²) in [6, 6.07) is 4.72. The van der Waals surface area contributed by atoms with E-state index in [-0.39, 0.29) is 5.69 Å². The van der Waals surface area contributed by atoms with Crippen LogP contribution in [0.3, 0.4) is 0 Å². The molecule has 1 aromatic rings. The lowest BCUT2D eigenvalue weighted by molar-refractivity contribution is -0.146. The van der Waals surface area contributed by atoms with E-state index in [2.05, 4.69) is 4.98 Å². The van der Waals surface area contributed by atoms with E-state index in [1.165, 1.54) is 6.07 Å². The van der Waals surface area contributed by atoms with Crippen molar-refractivity contribution < 1.29 is 19.8 Å². The van der Waals surface area contributed by atoms with Gasteiger partial charge in [0.15, 0.2) is 5.69 Å². The van der Waals surface area contributed by atoms with Gasteiger partial charge in [0.05, 0.1) is 5.41 Å². The predicted octanol–water partition coefficient (Wildman–Crippen LogP) is 1.08. The molecule has 6 nitrogen and oxygen atoms in total. The van der Waals surface area contributed by atoms with Crippen LogP contribution in [0.25, 0.3) is 0 Å². The molecule has 2 rings (SSSR count). The summed E-state index contributed by atoms with van der Waals surface area (Å²) < 4.78 is 0. The molecule has 1 aromatic heterocycles. The number of aromatic nitrogens is 1. The first-order valence-electron chi connectivity index (χ1n) is 5.61. The first kappa shape index (κ1) is 12.3. The van der Waals surface area contributed by atoms with Crippen LogP contribution in [-0.4, -0.2) is 40.2 Å². The molecular formula is C12H14N2O4. The quantitative estimate of drug-likeness (QED) is 0.834. The molecule has 0 radical (unpaired) electrons. The molecule has 0 amide bonds. The van der Waals surface area contributed by atoms with Crippen molar-refractivity contribution in [3.05, 3.63) is 23.9 Å². The van der Waals surface area contributed by atoms with E-state index in [1.54, 1.807) is 24.0 Å². The lowest BCUT2D eigenvalue weighted by Crippen LogP contribution is -2.32. The van der Waals surface area contributed by atoms with E-state index >= 15 is 0 Å². The van der Waals surface area contributed by atoms with Gasteiger partial charge in [0, 0.05) is 13.1 Å². The van der Waals surface area contributed by atoms with E-state index in [4.69, 9.17) is 10.2 Å². The zero-order chi connectivity index (χ0) is 13.3. The van der Waals surface area contributed by atoms with Gasteiger partial charge in [0.25, 0.3) is 0 Å². The highest BCUT2D eigenvalue weighted by Gasteiger charge is 2.40. The Bertz CT molecular complexity index is 503. The third kappa shape index (κ3) is 2.13. The van der Waals surface area contributed by atoms with E-state index in [1.807, 2.05) is 0 Å². The van der Waals surface area contributed by atoms with Crippen molar-refractivity contribution in [2.24, 2.45) is 5.41 Å². The number of nitrogens with zero attached hydrogens (tertiary/aromatic N) is 2. The molecule has 1 atom stereocenters. The Kier molecular flexibility index (Phi) is 2.94. The Hall–Kier alpha value is -2.11. The minimum Gasteiger partial charge on any atom is -0.481 e. The summed E-state index contributed by atoms with van der Waals surface area (Å²) in [7, 11) is 0. The topological polar surface area (TPSA) is 90.7 Å². The van der Waals surface area contributed by atoms with Gasteiger partial charge >= 0.3 is 11.9 Å². The Balaban J connectivity index is 2.22. The average Bonchev–Trinajstić information content (AvgIpc) is 2.73. The molecule has 1 aliphatic heterocycles. The minimum atomic E-state index is -1.09. The lowest BCUT2D eigenvalue weighted by atomic mass is 9.90. The lowest BCUT2D eigenvalue weighted by Gasteiger charge is -2.20. The second kappa shape index (κ2) is 4.29. The van der Waals surface area contributed by atoms with E-state index in [0.717, 1.165) is 0 Å². The van der Waals surface area contributed by atoms with Gasteiger partial charge in [-0.2, -0.15) is 0 Å². The van der Waals surface area contributed by atoms with Gasteiger partial charge in [0.2, 0.25) is 0 Å². The van der Waals surface area contributed by atoms with Gasteiger partial charge in [-0.3, -0.25) is 4.79 Å². The Morgan fingerprint density at radius 3 is 2.67 bits per heavy atom. The molecule has 2 N–H and O–H groups in total. The number of aromatic carboxylic acids is 1. The summed E-state index contributed by atoms with van der Waals surface area (Å²) in [4.78, 5) is 27.8. The van der Waals surface area contributed by atoms with Gasteiger partial charge in [-0.05, 0) is 25.5 Å². The normalized spacial score (nSPS) is 23.1. The van der Waals surface area contributed by atoms with Crippen LogP contribution in [0.15, 0.2) is 18.2 Å². The number of pyridine rings is 1. The van der Waals surface area contributed by atoms with Gasteiger partial charge in [-0.25, -0.2) is 9.78 Å². The van der Waals surface area contributed by atoms with Gasteiger partial charge < -0.3 is 15.1 Å². The third-order valence-corrected chi connectivity index (χ3v) is 3.27. The summed E-state index contributed by atoms with van der Waals surface area (Å²) in [6.45, 7) is 2.60. The molecule has 1 saturated heterocycles. The fourth-order valence-corrected chi connectivity index (χ4v) is 2.05. The average molecular weight is 250 g/mol. The van der Waals surface area contributed by atoms with E-state index in [0.29, 0.717) is 25.3 Å². The van der Waals surface area contributed by atoms with Gasteiger partial charge in [0.1, 0.15) is 5.82 Å². The smallest absolute Gasteiger partial charge is 0.354 e. The number of carboxylic acid groups (broad SMARTS) is 2. The Morgan fingerprint density at radius 2 is 2.11 bits per heavy atom. The zero-order valence-electron chi connectivity index (χ0n) is 9.96. The highest BCUT2D eigenvalue weighted by molar-refractivity contribution is 5.85. The van der Waals surface area contributed by atoms with Crippen molar-refractivity contribution in [3.8, 4) is 0 Å². The van der Waals surface area contributed by atoms with Crippen molar-refractivity contribution >= 4 is 17.8 Å². The number of anilines is 1. The first-order valence-corrected chi connectivity index (χ1v) is 5.61. The van der Waals surface area contributed by atoms with Crippen molar-refractivity contribution in [3.63, 3.8) is 0 Å². The maximum absolute atomic E-state index is 11.1. The van der Waals surface area contributed by atoms with Crippen molar-refractivity contribution in [1.29, 1.82) is 0 Å². The van der Waals surface area contributed by atoms with Crippen LogP contribution >= 0.6 is 0 Å². The number of rotatable bonds is 3. The summed E-state index contributed by atoms with van der Waals surface area (Å²) in [5, 5.41) is 18.0. The van der Waals surface area contributed by atoms with Crippen molar-refractivity contribution in [2.75, 3.05) is 18.0 Å². The van der Waals surface area contributed by atoms with Gasteiger partial charge in [-0.15, -0.1) is 0 Å². The molecule has 96 valence electrons. The molecule has 0 saturated carbocycles. The molecule has 0 aromatic carbocycles. The maximum atomic E-state index is 11.1. The molecule has 1 aliphatic rings. The second-order valence-corrected chi connectivity index (χ2v) is 4.72. The maximum Gasteiger partial charge on any atom is 0.354 e.